The lowest BCUT2D eigenvalue weighted by molar-refractivity contribution is -0.242. The summed E-state index contributed by atoms with van der Waals surface area (Å²) in [4.78, 5) is 49.7. The molecule has 0 radical (unpaired) electrons. The molecule has 15 heteroatoms. The second-order valence-electron chi connectivity index (χ2n) is 6.94. The van der Waals surface area contributed by atoms with Gasteiger partial charge in [0.2, 0.25) is 18.0 Å². The standard InChI is InChI=1S/C17H21N3O12/c1-29-10-9(24)14(20-7(22)2-3-19-17(20)28)31-11(10)12(13(18)25)32-16-8(23)5(21)4-6(30-16)15(26)27/h2-5,8-12,14,16,21,23-24H,1H3,(H2,18,25)(H,19,28)(H,26,27). The molecule has 0 bridgehead atoms. The Kier molecular flexibility index (Phi) is 6.77. The number of carboxylic acid groups (broad SMARTS) is 1. The number of carboxylic acids is 1. The van der Waals surface area contributed by atoms with Crippen LogP contribution in [0.4, 0.5) is 0 Å². The molecule has 0 spiro atoms. The Balaban J connectivity index is 1.91. The van der Waals surface area contributed by atoms with Gasteiger partial charge in [0.15, 0.2) is 12.3 Å². The number of aliphatic hydroxyl groups excluding tert-OH is 3. The zero-order valence-electron chi connectivity index (χ0n) is 16.4. The molecule has 15 nitrogen and oxygen atoms in total. The first-order valence-corrected chi connectivity index (χ1v) is 9.16. The molecule has 3 heterocycles. The maximum absolute atomic E-state index is 12.1. The summed E-state index contributed by atoms with van der Waals surface area (Å²) in [5.41, 5.74) is 3.62. The van der Waals surface area contributed by atoms with Crippen molar-refractivity contribution in [2.75, 3.05) is 7.11 Å². The minimum Gasteiger partial charge on any atom is -0.475 e. The van der Waals surface area contributed by atoms with E-state index in [4.69, 9.17) is 29.8 Å². The summed E-state index contributed by atoms with van der Waals surface area (Å²) < 4.78 is 21.5. The lowest BCUT2D eigenvalue weighted by atomic mass is 10.0. The quantitative estimate of drug-likeness (QED) is 0.227. The van der Waals surface area contributed by atoms with Gasteiger partial charge in [-0.2, -0.15) is 0 Å². The lowest BCUT2D eigenvalue weighted by Gasteiger charge is -2.34. The lowest BCUT2D eigenvalue weighted by Crippen LogP contribution is -2.53. The number of primary amides is 1. The van der Waals surface area contributed by atoms with Crippen molar-refractivity contribution in [1.29, 1.82) is 0 Å². The molecule has 0 aliphatic carbocycles. The van der Waals surface area contributed by atoms with Crippen LogP contribution in [-0.2, 0) is 28.5 Å². The third-order valence-electron chi connectivity index (χ3n) is 4.93. The van der Waals surface area contributed by atoms with E-state index >= 15 is 0 Å². The molecule has 0 saturated carbocycles. The van der Waals surface area contributed by atoms with Gasteiger partial charge in [-0.1, -0.05) is 0 Å². The Hall–Kier alpha value is -3.08. The molecule has 1 saturated heterocycles. The number of H-pyrrole nitrogens is 1. The van der Waals surface area contributed by atoms with Crippen LogP contribution in [0.3, 0.4) is 0 Å². The Morgan fingerprint density at radius 1 is 1.25 bits per heavy atom. The predicted molar refractivity (Wildman–Crippen MR) is 98.7 cm³/mol. The summed E-state index contributed by atoms with van der Waals surface area (Å²) in [6.07, 6.45) is -11.6. The van der Waals surface area contributed by atoms with Crippen LogP contribution in [-0.4, -0.2) is 91.9 Å². The van der Waals surface area contributed by atoms with Crippen molar-refractivity contribution < 1.29 is 49.0 Å². The van der Waals surface area contributed by atoms with Crippen LogP contribution in [0.1, 0.15) is 6.23 Å². The number of aliphatic hydroxyl groups is 3. The van der Waals surface area contributed by atoms with Crippen molar-refractivity contribution in [1.82, 2.24) is 9.55 Å². The van der Waals surface area contributed by atoms with Crippen LogP contribution >= 0.6 is 0 Å². The third kappa shape index (κ3) is 4.29. The van der Waals surface area contributed by atoms with Gasteiger partial charge in [0.05, 0.1) is 0 Å². The highest BCUT2D eigenvalue weighted by atomic mass is 16.7. The molecule has 0 aromatic carbocycles. The summed E-state index contributed by atoms with van der Waals surface area (Å²) in [5.74, 6) is -3.53. The minimum atomic E-state index is -1.88. The van der Waals surface area contributed by atoms with Gasteiger partial charge in [0, 0.05) is 19.4 Å². The number of aromatic amines is 1. The first kappa shape index (κ1) is 23.6. The second-order valence-corrected chi connectivity index (χ2v) is 6.94. The number of carbonyl (C=O) groups excluding carboxylic acids is 1. The minimum absolute atomic E-state index is 0.551. The number of ether oxygens (including phenoxy) is 4. The molecule has 2 aliphatic rings. The Bertz CT molecular complexity index is 990. The molecule has 3 rings (SSSR count). The highest BCUT2D eigenvalue weighted by molar-refractivity contribution is 5.84. The van der Waals surface area contributed by atoms with Gasteiger partial charge in [-0.05, 0) is 6.08 Å². The summed E-state index contributed by atoms with van der Waals surface area (Å²) in [5, 5.41) is 39.6. The maximum Gasteiger partial charge on any atom is 0.371 e. The largest absolute Gasteiger partial charge is 0.475 e. The average Bonchev–Trinajstić information content (AvgIpc) is 3.04. The van der Waals surface area contributed by atoms with Gasteiger partial charge in [0.25, 0.3) is 5.56 Å². The molecule has 2 aliphatic heterocycles. The van der Waals surface area contributed by atoms with Crippen molar-refractivity contribution in [2.45, 2.75) is 49.1 Å². The van der Waals surface area contributed by atoms with E-state index in [-0.39, 0.29) is 0 Å². The van der Waals surface area contributed by atoms with E-state index in [1.165, 1.54) is 0 Å². The Morgan fingerprint density at radius 2 is 1.94 bits per heavy atom. The van der Waals surface area contributed by atoms with Crippen molar-refractivity contribution in [3.8, 4) is 0 Å². The first-order chi connectivity index (χ1) is 15.1. The fourth-order valence-electron chi connectivity index (χ4n) is 3.41. The summed E-state index contributed by atoms with van der Waals surface area (Å²) in [6, 6.07) is 1.00. The van der Waals surface area contributed by atoms with Gasteiger partial charge in [-0.25, -0.2) is 14.2 Å². The number of nitrogens with zero attached hydrogens (tertiary/aromatic N) is 1. The monoisotopic (exact) mass is 459 g/mol. The topological polar surface area (TPSA) is 233 Å². The normalized spacial score (nSPS) is 33.2. The number of aromatic nitrogens is 2. The van der Waals surface area contributed by atoms with E-state index in [0.717, 1.165) is 25.4 Å². The van der Waals surface area contributed by atoms with Crippen LogP contribution in [0.5, 0.6) is 0 Å². The van der Waals surface area contributed by atoms with Crippen molar-refractivity contribution in [3.63, 3.8) is 0 Å². The van der Waals surface area contributed by atoms with E-state index in [2.05, 4.69) is 4.98 Å². The smallest absolute Gasteiger partial charge is 0.371 e. The van der Waals surface area contributed by atoms with E-state index in [9.17, 15) is 34.5 Å². The van der Waals surface area contributed by atoms with Gasteiger partial charge in [-0.3, -0.25) is 9.59 Å². The number of carbonyl (C=O) groups is 2. The fraction of sp³-hybridized carbons (Fsp3) is 0.529. The molecule has 8 atom stereocenters. The van der Waals surface area contributed by atoms with E-state index in [0.29, 0.717) is 4.57 Å². The summed E-state index contributed by atoms with van der Waals surface area (Å²) in [6.45, 7) is 0. The zero-order valence-corrected chi connectivity index (χ0v) is 16.4. The van der Waals surface area contributed by atoms with Gasteiger partial charge in [0.1, 0.15) is 30.5 Å². The summed E-state index contributed by atoms with van der Waals surface area (Å²) >= 11 is 0. The number of nitrogens with two attached hydrogens (primary N) is 1. The molecule has 8 unspecified atom stereocenters. The number of amides is 1. The molecule has 1 amide bonds. The SMILES string of the molecule is COC1C(O)C(n2c(=O)cc[nH]c2=O)OC1C(OC1OC(C(=O)O)=CC(O)C1O)C(N)=O. The van der Waals surface area contributed by atoms with Gasteiger partial charge < -0.3 is 50.1 Å². The van der Waals surface area contributed by atoms with Crippen LogP contribution in [0, 0.1) is 0 Å². The number of rotatable bonds is 7. The predicted octanol–water partition coefficient (Wildman–Crippen LogP) is -4.27. The molecular weight excluding hydrogens is 438 g/mol. The van der Waals surface area contributed by atoms with Crippen LogP contribution in [0.15, 0.2) is 33.7 Å². The van der Waals surface area contributed by atoms with Crippen LogP contribution in [0.25, 0.3) is 0 Å². The second kappa shape index (κ2) is 9.19. The Labute approximate surface area is 178 Å². The number of methoxy groups -OCH3 is 1. The number of nitrogens with one attached hydrogen (secondary N) is 1. The molecule has 7 N–H and O–H groups in total. The van der Waals surface area contributed by atoms with Crippen molar-refractivity contribution in [2.24, 2.45) is 5.73 Å². The summed E-state index contributed by atoms with van der Waals surface area (Å²) in [7, 11) is 1.14. The van der Waals surface area contributed by atoms with Crippen LogP contribution in [0.2, 0.25) is 0 Å². The maximum atomic E-state index is 12.1. The molecule has 176 valence electrons. The number of hydrogen-bond donors (Lipinski definition) is 6. The highest BCUT2D eigenvalue weighted by Gasteiger charge is 2.52. The van der Waals surface area contributed by atoms with Gasteiger partial charge in [-0.15, -0.1) is 0 Å². The number of aliphatic carboxylic acids is 1. The van der Waals surface area contributed by atoms with E-state index < -0.39 is 78.0 Å². The average molecular weight is 459 g/mol. The number of hydrogen-bond acceptors (Lipinski definition) is 11. The van der Waals surface area contributed by atoms with E-state index in [1.807, 2.05) is 0 Å². The van der Waals surface area contributed by atoms with E-state index in [1.54, 1.807) is 0 Å². The molecule has 1 aromatic rings. The third-order valence-corrected chi connectivity index (χ3v) is 4.93. The molecule has 1 aromatic heterocycles. The molecule has 1 fully saturated rings. The van der Waals surface area contributed by atoms with Gasteiger partial charge >= 0.3 is 11.7 Å². The fourth-order valence-corrected chi connectivity index (χ4v) is 3.41. The first-order valence-electron chi connectivity index (χ1n) is 9.16. The Morgan fingerprint density at radius 3 is 2.50 bits per heavy atom. The van der Waals surface area contributed by atoms with Crippen molar-refractivity contribution in [3.05, 3.63) is 44.9 Å². The molecular formula is C17H21N3O12. The zero-order chi connectivity index (χ0) is 23.7. The highest BCUT2D eigenvalue weighted by Crippen LogP contribution is 2.33. The van der Waals surface area contributed by atoms with Crippen molar-refractivity contribution >= 4 is 11.9 Å². The van der Waals surface area contributed by atoms with Crippen LogP contribution < -0.4 is 17.0 Å². The molecule has 32 heavy (non-hydrogen) atoms.